The van der Waals surface area contributed by atoms with Crippen molar-refractivity contribution in [3.63, 3.8) is 0 Å². The number of carbonyl (C=O) groups is 2. The molecule has 0 aliphatic carbocycles. The van der Waals surface area contributed by atoms with Gasteiger partial charge in [-0.15, -0.1) is 0 Å². The largest absolute Gasteiger partial charge is 0.465 e. The number of carboxylic acid groups (broad SMARTS) is 1. The van der Waals surface area contributed by atoms with Gasteiger partial charge in [0.05, 0.1) is 12.6 Å². The molecule has 22 heavy (non-hydrogen) atoms. The van der Waals surface area contributed by atoms with Crippen LogP contribution in [-0.2, 0) is 6.42 Å². The molecule has 5 nitrogen and oxygen atoms in total. The van der Waals surface area contributed by atoms with E-state index in [1.54, 1.807) is 6.92 Å². The predicted molar refractivity (Wildman–Crippen MR) is 79.2 cm³/mol. The maximum absolute atomic E-state index is 13.9. The lowest BCUT2D eigenvalue weighted by Crippen LogP contribution is -2.42. The number of likely N-dealkylation sites (tertiary alicyclic amines) is 1. The average Bonchev–Trinajstić information content (AvgIpc) is 2.79. The van der Waals surface area contributed by atoms with Crippen molar-refractivity contribution in [2.75, 3.05) is 13.1 Å². The quantitative estimate of drug-likeness (QED) is 0.851. The molecule has 2 N–H and O–H groups in total. The number of alkyl halides is 1. The average molecular weight is 377 g/mol. The van der Waals surface area contributed by atoms with Crippen LogP contribution in [0.2, 0.25) is 0 Å². The number of halogens is 3. The maximum Gasteiger partial charge on any atom is 0.407 e. The molecule has 0 radical (unpaired) electrons. The minimum Gasteiger partial charge on any atom is -0.465 e. The highest BCUT2D eigenvalue weighted by Crippen LogP contribution is 2.22. The Morgan fingerprint density at radius 2 is 2.14 bits per heavy atom. The number of nitrogens with zero attached hydrogens (tertiary/aromatic N) is 1. The van der Waals surface area contributed by atoms with E-state index in [2.05, 4.69) is 21.2 Å². The first-order valence-corrected chi connectivity index (χ1v) is 7.53. The fourth-order valence-corrected chi connectivity index (χ4v) is 2.90. The van der Waals surface area contributed by atoms with Gasteiger partial charge in [-0.2, -0.15) is 0 Å². The summed E-state index contributed by atoms with van der Waals surface area (Å²) in [4.78, 5) is 24.0. The molecule has 120 valence electrons. The van der Waals surface area contributed by atoms with Gasteiger partial charge in [0.25, 0.3) is 5.91 Å². The van der Waals surface area contributed by atoms with E-state index in [1.165, 1.54) is 12.1 Å². The molecule has 1 aromatic rings. The molecule has 1 aliphatic rings. The summed E-state index contributed by atoms with van der Waals surface area (Å²) in [6.07, 6.45) is -2.41. The first-order chi connectivity index (χ1) is 10.3. The normalized spacial score (nSPS) is 21.0. The molecule has 1 saturated heterocycles. The Hall–Kier alpha value is -1.70. The summed E-state index contributed by atoms with van der Waals surface area (Å²) in [6.45, 7) is 1.30. The summed E-state index contributed by atoms with van der Waals surface area (Å²) < 4.78 is 28.1. The molecular weight excluding hydrogens is 362 g/mol. The summed E-state index contributed by atoms with van der Waals surface area (Å²) >= 11 is 3.12. The summed E-state index contributed by atoms with van der Waals surface area (Å²) in [5, 5.41) is 11.3. The van der Waals surface area contributed by atoms with Crippen LogP contribution in [0, 0.1) is 5.82 Å². The zero-order valence-corrected chi connectivity index (χ0v) is 13.4. The molecule has 2 amide bonds. The first kappa shape index (κ1) is 16.7. The fourth-order valence-electron chi connectivity index (χ4n) is 2.47. The van der Waals surface area contributed by atoms with Crippen LogP contribution in [0.25, 0.3) is 0 Å². The van der Waals surface area contributed by atoms with Crippen LogP contribution in [0.3, 0.4) is 0 Å². The molecular formula is C14H15BrF2N2O3. The highest BCUT2D eigenvalue weighted by molar-refractivity contribution is 9.10. The van der Waals surface area contributed by atoms with Crippen molar-refractivity contribution in [1.82, 2.24) is 10.2 Å². The molecule has 0 bridgehead atoms. The van der Waals surface area contributed by atoms with Crippen LogP contribution >= 0.6 is 15.9 Å². The number of benzene rings is 1. The minimum absolute atomic E-state index is 0.121. The monoisotopic (exact) mass is 376 g/mol. The van der Waals surface area contributed by atoms with E-state index < -0.39 is 30.0 Å². The molecule has 1 heterocycles. The van der Waals surface area contributed by atoms with E-state index in [0.29, 0.717) is 10.9 Å². The lowest BCUT2D eigenvalue weighted by atomic mass is 10.0. The second-order valence-electron chi connectivity index (χ2n) is 5.05. The summed E-state index contributed by atoms with van der Waals surface area (Å²) in [5.74, 6) is -1.13. The lowest BCUT2D eigenvalue weighted by Gasteiger charge is -2.16. The molecule has 0 saturated carbocycles. The Kier molecular flexibility index (Phi) is 5.00. The van der Waals surface area contributed by atoms with E-state index in [0.717, 1.165) is 4.90 Å². The number of amides is 2. The van der Waals surface area contributed by atoms with Crippen molar-refractivity contribution >= 4 is 27.9 Å². The van der Waals surface area contributed by atoms with Gasteiger partial charge in [0, 0.05) is 22.1 Å². The molecule has 0 aromatic heterocycles. The molecule has 2 rings (SSSR count). The highest BCUT2D eigenvalue weighted by Gasteiger charge is 2.36. The molecule has 1 aliphatic heterocycles. The van der Waals surface area contributed by atoms with Gasteiger partial charge < -0.3 is 15.3 Å². The molecule has 1 fully saturated rings. The van der Waals surface area contributed by atoms with Gasteiger partial charge in [0.15, 0.2) is 0 Å². The van der Waals surface area contributed by atoms with Crippen molar-refractivity contribution in [2.24, 2.45) is 0 Å². The van der Waals surface area contributed by atoms with E-state index in [4.69, 9.17) is 5.11 Å². The Bertz CT molecular complexity index is 612. The topological polar surface area (TPSA) is 69.6 Å². The van der Waals surface area contributed by atoms with E-state index in [1.807, 2.05) is 0 Å². The molecule has 0 unspecified atom stereocenters. The minimum atomic E-state index is -1.48. The SMILES string of the molecule is CCc1c(F)cc(Br)cc1C(=O)N[C@@H]1CN(C(=O)O)C[C@@H]1F. The third kappa shape index (κ3) is 3.37. The highest BCUT2D eigenvalue weighted by atomic mass is 79.9. The Balaban J connectivity index is 2.18. The van der Waals surface area contributed by atoms with E-state index >= 15 is 0 Å². The number of hydrogen-bond acceptors (Lipinski definition) is 2. The van der Waals surface area contributed by atoms with Crippen LogP contribution < -0.4 is 5.32 Å². The van der Waals surface area contributed by atoms with Crippen molar-refractivity contribution in [3.05, 3.63) is 33.5 Å². The number of rotatable bonds is 3. The third-order valence-electron chi connectivity index (χ3n) is 3.59. The summed E-state index contributed by atoms with van der Waals surface area (Å²) in [5.41, 5.74) is 0.361. The van der Waals surface area contributed by atoms with Crippen LogP contribution in [0.4, 0.5) is 13.6 Å². The van der Waals surface area contributed by atoms with Crippen molar-refractivity contribution in [2.45, 2.75) is 25.6 Å². The van der Waals surface area contributed by atoms with Gasteiger partial charge in [-0.1, -0.05) is 22.9 Å². The van der Waals surface area contributed by atoms with E-state index in [-0.39, 0.29) is 24.2 Å². The fraction of sp³-hybridized carbons (Fsp3) is 0.429. The lowest BCUT2D eigenvalue weighted by molar-refractivity contribution is 0.0921. The van der Waals surface area contributed by atoms with Gasteiger partial charge in [-0.05, 0) is 18.6 Å². The van der Waals surface area contributed by atoms with Crippen molar-refractivity contribution in [3.8, 4) is 0 Å². The summed E-state index contributed by atoms with van der Waals surface area (Å²) in [6, 6.07) is 1.79. The molecule has 2 atom stereocenters. The van der Waals surface area contributed by atoms with Crippen LogP contribution in [0.1, 0.15) is 22.8 Å². The Morgan fingerprint density at radius 1 is 1.45 bits per heavy atom. The van der Waals surface area contributed by atoms with Gasteiger partial charge in [-0.25, -0.2) is 13.6 Å². The number of carbonyl (C=O) groups excluding carboxylic acids is 1. The van der Waals surface area contributed by atoms with Gasteiger partial charge in [0.2, 0.25) is 0 Å². The Labute approximate surface area is 134 Å². The van der Waals surface area contributed by atoms with Gasteiger partial charge >= 0.3 is 6.09 Å². The number of nitrogens with one attached hydrogen (secondary N) is 1. The van der Waals surface area contributed by atoms with E-state index in [9.17, 15) is 18.4 Å². The van der Waals surface area contributed by atoms with Crippen molar-refractivity contribution in [1.29, 1.82) is 0 Å². The summed E-state index contributed by atoms with van der Waals surface area (Å²) in [7, 11) is 0. The van der Waals surface area contributed by atoms with Crippen molar-refractivity contribution < 1.29 is 23.5 Å². The molecule has 0 spiro atoms. The van der Waals surface area contributed by atoms with Gasteiger partial charge in [-0.3, -0.25) is 4.79 Å². The second-order valence-corrected chi connectivity index (χ2v) is 5.97. The first-order valence-electron chi connectivity index (χ1n) is 6.74. The van der Waals surface area contributed by atoms with Crippen LogP contribution in [-0.4, -0.2) is 47.3 Å². The second kappa shape index (κ2) is 6.60. The van der Waals surface area contributed by atoms with Crippen LogP contribution in [0.5, 0.6) is 0 Å². The zero-order valence-electron chi connectivity index (χ0n) is 11.8. The Morgan fingerprint density at radius 3 is 2.68 bits per heavy atom. The third-order valence-corrected chi connectivity index (χ3v) is 4.05. The predicted octanol–water partition coefficient (Wildman–Crippen LogP) is 2.58. The smallest absolute Gasteiger partial charge is 0.407 e. The van der Waals surface area contributed by atoms with Gasteiger partial charge in [0.1, 0.15) is 12.0 Å². The zero-order chi connectivity index (χ0) is 16.4. The molecule has 8 heteroatoms. The maximum atomic E-state index is 13.9. The standard InChI is InChI=1S/C14H15BrF2N2O3/c1-2-8-9(3-7(15)4-10(8)16)13(20)18-12-6-19(14(21)22)5-11(12)17/h3-4,11-12H,2,5-6H2,1H3,(H,18,20)(H,21,22)/t11-,12+/m0/s1. The molecule has 1 aromatic carbocycles. The van der Waals surface area contributed by atoms with Crippen LogP contribution in [0.15, 0.2) is 16.6 Å². The number of hydrogen-bond donors (Lipinski definition) is 2.